The van der Waals surface area contributed by atoms with Crippen LogP contribution in [0.5, 0.6) is 0 Å². The van der Waals surface area contributed by atoms with Gasteiger partial charge in [0, 0.05) is 18.8 Å². The third-order valence-electron chi connectivity index (χ3n) is 3.30. The standard InChI is InChI=1S/C15H22N2O3/c1-5-17(6-2)14(18)11(4)20-15(19)12-8-7-9-13(16)10(12)3/h7-9,11H,5-6,16H2,1-4H3. The lowest BCUT2D eigenvalue weighted by Gasteiger charge is -2.23. The summed E-state index contributed by atoms with van der Waals surface area (Å²) in [7, 11) is 0. The lowest BCUT2D eigenvalue weighted by molar-refractivity contribution is -0.139. The molecule has 0 bridgehead atoms. The number of benzene rings is 1. The first-order chi connectivity index (χ1) is 9.42. The van der Waals surface area contributed by atoms with Gasteiger partial charge in [0.25, 0.3) is 5.91 Å². The number of amides is 1. The quantitative estimate of drug-likeness (QED) is 0.660. The molecule has 0 aromatic heterocycles. The molecule has 110 valence electrons. The smallest absolute Gasteiger partial charge is 0.339 e. The van der Waals surface area contributed by atoms with E-state index in [2.05, 4.69) is 0 Å². The van der Waals surface area contributed by atoms with Gasteiger partial charge in [-0.1, -0.05) is 6.07 Å². The minimum Gasteiger partial charge on any atom is -0.449 e. The summed E-state index contributed by atoms with van der Waals surface area (Å²) < 4.78 is 5.23. The molecule has 0 heterocycles. The van der Waals surface area contributed by atoms with Crippen LogP contribution in [0, 0.1) is 6.92 Å². The van der Waals surface area contributed by atoms with Crippen LogP contribution < -0.4 is 5.73 Å². The summed E-state index contributed by atoms with van der Waals surface area (Å²) in [5.41, 5.74) is 7.35. The highest BCUT2D eigenvalue weighted by Gasteiger charge is 2.23. The number of esters is 1. The van der Waals surface area contributed by atoms with Crippen LogP contribution in [-0.4, -0.2) is 36.0 Å². The van der Waals surface area contributed by atoms with E-state index < -0.39 is 12.1 Å². The highest BCUT2D eigenvalue weighted by atomic mass is 16.5. The summed E-state index contributed by atoms with van der Waals surface area (Å²) in [5.74, 6) is -0.715. The number of rotatable bonds is 5. The van der Waals surface area contributed by atoms with Gasteiger partial charge in [-0.05, 0) is 45.4 Å². The van der Waals surface area contributed by atoms with Gasteiger partial charge in [0.05, 0.1) is 5.56 Å². The second-order valence-electron chi connectivity index (χ2n) is 4.58. The molecule has 20 heavy (non-hydrogen) atoms. The lowest BCUT2D eigenvalue weighted by Crippen LogP contribution is -2.39. The second-order valence-corrected chi connectivity index (χ2v) is 4.58. The van der Waals surface area contributed by atoms with Crippen LogP contribution in [0.3, 0.4) is 0 Å². The first-order valence-electron chi connectivity index (χ1n) is 6.77. The largest absolute Gasteiger partial charge is 0.449 e. The molecule has 0 aliphatic heterocycles. The number of nitrogens with zero attached hydrogens (tertiary/aromatic N) is 1. The van der Waals surface area contributed by atoms with E-state index >= 15 is 0 Å². The van der Waals surface area contributed by atoms with Crippen molar-refractivity contribution in [2.24, 2.45) is 0 Å². The summed E-state index contributed by atoms with van der Waals surface area (Å²) in [6.45, 7) is 8.29. The number of hydrogen-bond donors (Lipinski definition) is 1. The molecule has 1 atom stereocenters. The Labute approximate surface area is 119 Å². The number of carbonyl (C=O) groups excluding carboxylic acids is 2. The van der Waals surface area contributed by atoms with Crippen molar-refractivity contribution < 1.29 is 14.3 Å². The van der Waals surface area contributed by atoms with E-state index in [1.54, 1.807) is 36.9 Å². The van der Waals surface area contributed by atoms with E-state index in [4.69, 9.17) is 10.5 Å². The van der Waals surface area contributed by atoms with Gasteiger partial charge < -0.3 is 15.4 Å². The molecule has 1 unspecified atom stereocenters. The fraction of sp³-hybridized carbons (Fsp3) is 0.467. The number of nitrogens with two attached hydrogens (primary N) is 1. The summed E-state index contributed by atoms with van der Waals surface area (Å²) in [5, 5.41) is 0. The third-order valence-corrected chi connectivity index (χ3v) is 3.30. The van der Waals surface area contributed by atoms with E-state index in [1.807, 2.05) is 13.8 Å². The molecule has 0 saturated carbocycles. The molecule has 5 heteroatoms. The zero-order valence-electron chi connectivity index (χ0n) is 12.5. The van der Waals surface area contributed by atoms with Gasteiger partial charge in [-0.2, -0.15) is 0 Å². The van der Waals surface area contributed by atoms with E-state index in [0.717, 1.165) is 0 Å². The van der Waals surface area contributed by atoms with Crippen molar-refractivity contribution in [3.8, 4) is 0 Å². The second kappa shape index (κ2) is 6.93. The minimum atomic E-state index is -0.803. The summed E-state index contributed by atoms with van der Waals surface area (Å²) in [6, 6.07) is 5.05. The molecule has 1 rings (SSSR count). The molecule has 0 spiro atoms. The van der Waals surface area contributed by atoms with Crippen molar-refractivity contribution in [2.75, 3.05) is 18.8 Å². The Morgan fingerprint density at radius 2 is 1.90 bits per heavy atom. The van der Waals surface area contributed by atoms with Crippen LogP contribution in [0.15, 0.2) is 18.2 Å². The van der Waals surface area contributed by atoms with Crippen molar-refractivity contribution >= 4 is 17.6 Å². The number of hydrogen-bond acceptors (Lipinski definition) is 4. The van der Waals surface area contributed by atoms with Crippen molar-refractivity contribution in [3.05, 3.63) is 29.3 Å². The van der Waals surface area contributed by atoms with E-state index in [0.29, 0.717) is 29.9 Å². The van der Waals surface area contributed by atoms with Crippen molar-refractivity contribution in [2.45, 2.75) is 33.8 Å². The molecule has 0 fully saturated rings. The molecular formula is C15H22N2O3. The van der Waals surface area contributed by atoms with Crippen LogP contribution in [0.2, 0.25) is 0 Å². The van der Waals surface area contributed by atoms with Crippen LogP contribution in [-0.2, 0) is 9.53 Å². The highest BCUT2D eigenvalue weighted by Crippen LogP contribution is 2.17. The van der Waals surface area contributed by atoms with Crippen molar-refractivity contribution in [3.63, 3.8) is 0 Å². The van der Waals surface area contributed by atoms with Gasteiger partial charge in [-0.25, -0.2) is 4.79 Å². The maximum atomic E-state index is 12.1. The van der Waals surface area contributed by atoms with Gasteiger partial charge in [0.2, 0.25) is 0 Å². The zero-order valence-corrected chi connectivity index (χ0v) is 12.5. The Hall–Kier alpha value is -2.04. The molecule has 0 radical (unpaired) electrons. The molecule has 2 N–H and O–H groups in total. The fourth-order valence-corrected chi connectivity index (χ4v) is 1.94. The predicted octanol–water partition coefficient (Wildman–Crippen LogP) is 1.99. The summed E-state index contributed by atoms with van der Waals surface area (Å²) >= 11 is 0. The SMILES string of the molecule is CCN(CC)C(=O)C(C)OC(=O)c1cccc(N)c1C. The molecule has 5 nitrogen and oxygen atoms in total. The molecule has 0 aliphatic carbocycles. The number of nitrogen functional groups attached to an aromatic ring is 1. The number of anilines is 1. The molecule has 1 amide bonds. The van der Waals surface area contributed by atoms with Crippen molar-refractivity contribution in [1.82, 2.24) is 4.90 Å². The van der Waals surface area contributed by atoms with Crippen LogP contribution >= 0.6 is 0 Å². The number of likely N-dealkylation sites (N-methyl/N-ethyl adjacent to an activating group) is 1. The Balaban J connectivity index is 2.80. The zero-order chi connectivity index (χ0) is 15.3. The predicted molar refractivity (Wildman–Crippen MR) is 78.4 cm³/mol. The number of ether oxygens (including phenoxy) is 1. The van der Waals surface area contributed by atoms with Crippen molar-refractivity contribution in [1.29, 1.82) is 0 Å². The molecule has 0 aliphatic rings. The molecule has 1 aromatic carbocycles. The first kappa shape index (κ1) is 16.0. The third kappa shape index (κ3) is 3.50. The number of carbonyl (C=O) groups is 2. The maximum Gasteiger partial charge on any atom is 0.339 e. The Morgan fingerprint density at radius 1 is 1.30 bits per heavy atom. The van der Waals surface area contributed by atoms with Gasteiger partial charge >= 0.3 is 5.97 Å². The highest BCUT2D eigenvalue weighted by molar-refractivity contribution is 5.94. The van der Waals surface area contributed by atoms with Gasteiger partial charge in [0.1, 0.15) is 0 Å². The fourth-order valence-electron chi connectivity index (χ4n) is 1.94. The topological polar surface area (TPSA) is 72.6 Å². The van der Waals surface area contributed by atoms with E-state index in [-0.39, 0.29) is 5.91 Å². The normalized spacial score (nSPS) is 11.8. The molecule has 0 saturated heterocycles. The Bertz CT molecular complexity index is 496. The first-order valence-corrected chi connectivity index (χ1v) is 6.77. The molecule has 1 aromatic rings. The van der Waals surface area contributed by atoms with Gasteiger partial charge in [-0.15, -0.1) is 0 Å². The maximum absolute atomic E-state index is 12.1. The lowest BCUT2D eigenvalue weighted by atomic mass is 10.1. The van der Waals surface area contributed by atoms with E-state index in [1.165, 1.54) is 0 Å². The van der Waals surface area contributed by atoms with Crippen LogP contribution in [0.25, 0.3) is 0 Å². The summed E-state index contributed by atoms with van der Waals surface area (Å²) in [4.78, 5) is 25.8. The van der Waals surface area contributed by atoms with Gasteiger partial charge in [-0.3, -0.25) is 4.79 Å². The minimum absolute atomic E-state index is 0.190. The summed E-state index contributed by atoms with van der Waals surface area (Å²) in [6.07, 6.45) is -0.803. The van der Waals surface area contributed by atoms with Crippen LogP contribution in [0.4, 0.5) is 5.69 Å². The Kier molecular flexibility index (Phi) is 5.55. The average molecular weight is 278 g/mol. The molecular weight excluding hydrogens is 256 g/mol. The van der Waals surface area contributed by atoms with Gasteiger partial charge in [0.15, 0.2) is 6.10 Å². The monoisotopic (exact) mass is 278 g/mol. The van der Waals surface area contributed by atoms with Crippen LogP contribution in [0.1, 0.15) is 36.7 Å². The Morgan fingerprint density at radius 3 is 2.45 bits per heavy atom. The average Bonchev–Trinajstić information content (AvgIpc) is 2.42. The van der Waals surface area contributed by atoms with E-state index in [9.17, 15) is 9.59 Å².